The fourth-order valence-electron chi connectivity index (χ4n) is 3.09. The number of nitrogens with zero attached hydrogens (tertiary/aromatic N) is 1. The summed E-state index contributed by atoms with van der Waals surface area (Å²) in [5.41, 5.74) is 2.45. The second-order valence-corrected chi connectivity index (χ2v) is 7.27. The summed E-state index contributed by atoms with van der Waals surface area (Å²) in [6.45, 7) is 6.07. The number of carbonyl (C=O) groups is 1. The predicted octanol–water partition coefficient (Wildman–Crippen LogP) is 2.62. The molecule has 1 saturated heterocycles. The van der Waals surface area contributed by atoms with Crippen molar-refractivity contribution in [2.24, 2.45) is 5.92 Å². The number of para-hydroxylation sites is 1. The molecule has 0 aliphatic carbocycles. The lowest BCUT2D eigenvalue weighted by Gasteiger charge is -2.40. The molecule has 4 heteroatoms. The Hall–Kier alpha value is -1.16. The van der Waals surface area contributed by atoms with Gasteiger partial charge in [0.2, 0.25) is 5.91 Å². The van der Waals surface area contributed by atoms with Crippen LogP contribution in [0.15, 0.2) is 24.3 Å². The van der Waals surface area contributed by atoms with Gasteiger partial charge in [-0.2, -0.15) is 11.8 Å². The molecule has 2 aliphatic rings. The maximum absolute atomic E-state index is 12.8. The summed E-state index contributed by atoms with van der Waals surface area (Å²) in [4.78, 5) is 14.9. The summed E-state index contributed by atoms with van der Waals surface area (Å²) in [7, 11) is 0. The molecule has 2 aliphatic heterocycles. The van der Waals surface area contributed by atoms with Gasteiger partial charge in [-0.25, -0.2) is 0 Å². The van der Waals surface area contributed by atoms with Gasteiger partial charge in [0.15, 0.2) is 0 Å². The monoisotopic (exact) mass is 290 g/mol. The molecule has 0 bridgehead atoms. The van der Waals surface area contributed by atoms with Gasteiger partial charge in [-0.05, 0) is 25.0 Å². The van der Waals surface area contributed by atoms with Crippen molar-refractivity contribution in [2.75, 3.05) is 24.2 Å². The van der Waals surface area contributed by atoms with Gasteiger partial charge in [-0.1, -0.05) is 25.1 Å². The minimum atomic E-state index is 0.0858. The van der Waals surface area contributed by atoms with Crippen molar-refractivity contribution in [1.82, 2.24) is 4.90 Å². The average molecular weight is 290 g/mol. The molecule has 2 heterocycles. The molecule has 1 aromatic carbocycles. The molecule has 3 rings (SSSR count). The minimum Gasteiger partial charge on any atom is -0.384 e. The number of nitrogens with one attached hydrogen (secondary N) is 1. The van der Waals surface area contributed by atoms with Crippen molar-refractivity contribution in [3.05, 3.63) is 29.8 Å². The van der Waals surface area contributed by atoms with Gasteiger partial charge in [0.1, 0.15) is 0 Å². The zero-order chi connectivity index (χ0) is 14.1. The smallest absolute Gasteiger partial charge is 0.228 e. The molecule has 1 N–H and O–H groups in total. The summed E-state index contributed by atoms with van der Waals surface area (Å²) < 4.78 is 0. The van der Waals surface area contributed by atoms with Crippen LogP contribution in [0.4, 0.5) is 5.69 Å². The van der Waals surface area contributed by atoms with Crippen LogP contribution in [-0.4, -0.2) is 40.9 Å². The van der Waals surface area contributed by atoms with Crippen molar-refractivity contribution in [3.63, 3.8) is 0 Å². The van der Waals surface area contributed by atoms with Crippen LogP contribution in [0.5, 0.6) is 0 Å². The Labute approximate surface area is 125 Å². The Bertz CT molecular complexity index is 505. The minimum absolute atomic E-state index is 0.0858. The van der Waals surface area contributed by atoms with Gasteiger partial charge < -0.3 is 10.2 Å². The second-order valence-electron chi connectivity index (χ2n) is 5.79. The van der Waals surface area contributed by atoms with Crippen molar-refractivity contribution in [2.45, 2.75) is 31.6 Å². The van der Waals surface area contributed by atoms with Gasteiger partial charge in [0, 0.05) is 35.8 Å². The van der Waals surface area contributed by atoms with Crippen LogP contribution in [0.3, 0.4) is 0 Å². The molecule has 0 saturated carbocycles. The van der Waals surface area contributed by atoms with E-state index in [4.69, 9.17) is 0 Å². The SMILES string of the molecule is CC1SCCN(C(=O)C2CNc3ccccc3C2)C1C. The third-order valence-corrected chi connectivity index (χ3v) is 5.88. The largest absolute Gasteiger partial charge is 0.384 e. The average Bonchev–Trinajstić information content (AvgIpc) is 2.49. The first-order valence-corrected chi connectivity index (χ1v) is 8.45. The molecule has 3 unspecified atom stereocenters. The highest BCUT2D eigenvalue weighted by Gasteiger charge is 2.34. The zero-order valence-corrected chi connectivity index (χ0v) is 13.0. The fourth-order valence-corrected chi connectivity index (χ4v) is 4.19. The standard InChI is InChI=1S/C16H22N2OS/c1-11-12(2)20-8-7-18(11)16(19)14-9-13-5-3-4-6-15(13)17-10-14/h3-6,11-12,14,17H,7-10H2,1-2H3. The van der Waals surface area contributed by atoms with E-state index >= 15 is 0 Å². The summed E-state index contributed by atoms with van der Waals surface area (Å²) in [5.74, 6) is 1.47. The van der Waals surface area contributed by atoms with Crippen molar-refractivity contribution >= 4 is 23.4 Å². The number of rotatable bonds is 1. The number of benzene rings is 1. The Kier molecular flexibility index (Phi) is 3.92. The van der Waals surface area contributed by atoms with Crippen LogP contribution in [0, 0.1) is 5.92 Å². The maximum Gasteiger partial charge on any atom is 0.228 e. The van der Waals surface area contributed by atoms with Crippen LogP contribution in [0.2, 0.25) is 0 Å². The highest BCUT2D eigenvalue weighted by atomic mass is 32.2. The highest BCUT2D eigenvalue weighted by molar-refractivity contribution is 8.00. The summed E-state index contributed by atoms with van der Waals surface area (Å²) >= 11 is 1.97. The molecule has 0 radical (unpaired) electrons. The lowest BCUT2D eigenvalue weighted by atomic mass is 9.92. The Morgan fingerprint density at radius 2 is 2.15 bits per heavy atom. The zero-order valence-electron chi connectivity index (χ0n) is 12.1. The lowest BCUT2D eigenvalue weighted by molar-refractivity contribution is -0.137. The molecule has 3 nitrogen and oxygen atoms in total. The first kappa shape index (κ1) is 13.8. The Balaban J connectivity index is 1.72. The molecule has 1 fully saturated rings. The van der Waals surface area contributed by atoms with Gasteiger partial charge >= 0.3 is 0 Å². The van der Waals surface area contributed by atoms with E-state index in [1.807, 2.05) is 17.8 Å². The van der Waals surface area contributed by atoms with E-state index in [9.17, 15) is 4.79 Å². The molecule has 1 amide bonds. The third kappa shape index (κ3) is 2.53. The first-order chi connectivity index (χ1) is 9.66. The summed E-state index contributed by atoms with van der Waals surface area (Å²) in [6.07, 6.45) is 0.868. The van der Waals surface area contributed by atoms with E-state index in [1.54, 1.807) is 0 Å². The normalized spacial score (nSPS) is 29.5. The quantitative estimate of drug-likeness (QED) is 0.863. The first-order valence-electron chi connectivity index (χ1n) is 7.40. The third-order valence-electron chi connectivity index (χ3n) is 4.54. The van der Waals surface area contributed by atoms with Gasteiger partial charge in [-0.3, -0.25) is 4.79 Å². The van der Waals surface area contributed by atoms with Crippen molar-refractivity contribution in [3.8, 4) is 0 Å². The van der Waals surface area contributed by atoms with Crippen LogP contribution in [0.1, 0.15) is 19.4 Å². The van der Waals surface area contributed by atoms with Crippen molar-refractivity contribution < 1.29 is 4.79 Å². The molecule has 20 heavy (non-hydrogen) atoms. The molecule has 0 spiro atoms. The molecular formula is C16H22N2OS. The molecule has 0 aromatic heterocycles. The van der Waals surface area contributed by atoms with Crippen LogP contribution in [0.25, 0.3) is 0 Å². The summed E-state index contributed by atoms with van der Waals surface area (Å²) in [6, 6.07) is 8.66. The van der Waals surface area contributed by atoms with E-state index in [-0.39, 0.29) is 5.92 Å². The highest BCUT2D eigenvalue weighted by Crippen LogP contribution is 2.29. The number of amides is 1. The topological polar surface area (TPSA) is 32.3 Å². The van der Waals surface area contributed by atoms with Gasteiger partial charge in [0.25, 0.3) is 0 Å². The number of hydrogen-bond acceptors (Lipinski definition) is 3. The summed E-state index contributed by atoms with van der Waals surface area (Å²) in [5, 5.41) is 3.94. The van der Waals surface area contributed by atoms with Crippen LogP contribution in [-0.2, 0) is 11.2 Å². The van der Waals surface area contributed by atoms with Crippen LogP contribution < -0.4 is 5.32 Å². The number of thioether (sulfide) groups is 1. The van der Waals surface area contributed by atoms with Gasteiger partial charge in [-0.15, -0.1) is 0 Å². The Morgan fingerprint density at radius 1 is 1.35 bits per heavy atom. The second kappa shape index (κ2) is 5.68. The number of anilines is 1. The van der Waals surface area contributed by atoms with Crippen molar-refractivity contribution in [1.29, 1.82) is 0 Å². The molecule has 3 atom stereocenters. The molecule has 1 aromatic rings. The predicted molar refractivity (Wildman–Crippen MR) is 85.2 cm³/mol. The van der Waals surface area contributed by atoms with Crippen LogP contribution >= 0.6 is 11.8 Å². The fraction of sp³-hybridized carbons (Fsp3) is 0.562. The molecular weight excluding hydrogens is 268 g/mol. The molecule has 108 valence electrons. The van der Waals surface area contributed by atoms with E-state index in [0.717, 1.165) is 25.3 Å². The maximum atomic E-state index is 12.8. The van der Waals surface area contributed by atoms with Gasteiger partial charge in [0.05, 0.1) is 5.92 Å². The van der Waals surface area contributed by atoms with E-state index in [2.05, 4.69) is 42.3 Å². The van der Waals surface area contributed by atoms with E-state index in [0.29, 0.717) is 17.2 Å². The number of fused-ring (bicyclic) bond motifs is 1. The number of hydrogen-bond donors (Lipinski definition) is 1. The lowest BCUT2D eigenvalue weighted by Crippen LogP contribution is -2.51. The number of carbonyl (C=O) groups excluding carboxylic acids is 1. The Morgan fingerprint density at radius 3 is 3.00 bits per heavy atom. The van der Waals surface area contributed by atoms with E-state index in [1.165, 1.54) is 11.3 Å². The van der Waals surface area contributed by atoms with E-state index < -0.39 is 0 Å².